The lowest BCUT2D eigenvalue weighted by molar-refractivity contribution is -0.137. The molecule has 1 aromatic carbocycles. The van der Waals surface area contributed by atoms with Crippen LogP contribution >= 0.6 is 11.3 Å². The third-order valence-electron chi connectivity index (χ3n) is 3.31. The molecule has 1 atom stereocenters. The van der Waals surface area contributed by atoms with Crippen LogP contribution in [0, 0.1) is 0 Å². The van der Waals surface area contributed by atoms with Crippen LogP contribution in [0.5, 0.6) is 0 Å². The molecule has 4 N–H and O–H groups in total. The highest BCUT2D eigenvalue weighted by Gasteiger charge is 2.31. The SMILES string of the molecule is CC(NC(=O)c1cccs1)C(=O)Nc1cc(CN)cc(C(F)(F)F)c1. The number of nitrogens with two attached hydrogens (primary N) is 1. The Labute approximate surface area is 146 Å². The Bertz CT molecular complexity index is 760. The highest BCUT2D eigenvalue weighted by Crippen LogP contribution is 2.32. The Balaban J connectivity index is 2.10. The van der Waals surface area contributed by atoms with Crippen LogP contribution < -0.4 is 16.4 Å². The number of benzene rings is 1. The van der Waals surface area contributed by atoms with Crippen molar-refractivity contribution in [3.8, 4) is 0 Å². The molecule has 134 valence electrons. The quantitative estimate of drug-likeness (QED) is 0.755. The second kappa shape index (κ2) is 7.66. The molecule has 25 heavy (non-hydrogen) atoms. The molecule has 0 spiro atoms. The van der Waals surface area contributed by atoms with E-state index in [2.05, 4.69) is 10.6 Å². The molecule has 0 aliphatic rings. The van der Waals surface area contributed by atoms with E-state index in [-0.39, 0.29) is 17.8 Å². The molecule has 2 rings (SSSR count). The Morgan fingerprint density at radius 3 is 2.56 bits per heavy atom. The van der Waals surface area contributed by atoms with Crippen LogP contribution in [0.3, 0.4) is 0 Å². The first-order valence-electron chi connectivity index (χ1n) is 7.27. The van der Waals surface area contributed by atoms with E-state index in [4.69, 9.17) is 5.73 Å². The predicted octanol–water partition coefficient (Wildman–Crippen LogP) is 2.98. The standard InChI is InChI=1S/C16H16F3N3O2S/c1-9(21-15(24)13-3-2-4-25-13)14(23)22-12-6-10(8-20)5-11(7-12)16(17,18)19/h2-7,9H,8,20H2,1H3,(H,21,24)(H,22,23). The van der Waals surface area contributed by atoms with Crippen molar-refractivity contribution in [2.24, 2.45) is 5.73 Å². The summed E-state index contributed by atoms with van der Waals surface area (Å²) in [5, 5.41) is 6.58. The molecule has 0 radical (unpaired) electrons. The van der Waals surface area contributed by atoms with Gasteiger partial charge < -0.3 is 16.4 Å². The molecule has 0 saturated heterocycles. The van der Waals surface area contributed by atoms with Gasteiger partial charge in [0.25, 0.3) is 5.91 Å². The van der Waals surface area contributed by atoms with Gasteiger partial charge in [-0.1, -0.05) is 6.07 Å². The zero-order chi connectivity index (χ0) is 18.6. The largest absolute Gasteiger partial charge is 0.416 e. The first kappa shape index (κ1) is 18.9. The molecule has 2 aromatic rings. The summed E-state index contributed by atoms with van der Waals surface area (Å²) in [5.74, 6) is -1.06. The number of carbonyl (C=O) groups is 2. The molecule has 9 heteroatoms. The van der Waals surface area contributed by atoms with Crippen molar-refractivity contribution < 1.29 is 22.8 Å². The summed E-state index contributed by atoms with van der Waals surface area (Å²) >= 11 is 1.22. The van der Waals surface area contributed by atoms with E-state index in [0.717, 1.165) is 12.1 Å². The molecule has 0 fully saturated rings. The smallest absolute Gasteiger partial charge is 0.340 e. The van der Waals surface area contributed by atoms with Crippen molar-refractivity contribution in [3.05, 3.63) is 51.7 Å². The zero-order valence-electron chi connectivity index (χ0n) is 13.2. The van der Waals surface area contributed by atoms with Gasteiger partial charge in [-0.25, -0.2) is 0 Å². The van der Waals surface area contributed by atoms with Crippen LogP contribution in [0.15, 0.2) is 35.7 Å². The van der Waals surface area contributed by atoms with Gasteiger partial charge in [0.05, 0.1) is 10.4 Å². The fourth-order valence-electron chi connectivity index (χ4n) is 2.04. The summed E-state index contributed by atoms with van der Waals surface area (Å²) in [5.41, 5.74) is 4.71. The maximum Gasteiger partial charge on any atom is 0.416 e. The fraction of sp³-hybridized carbons (Fsp3) is 0.250. The van der Waals surface area contributed by atoms with E-state index in [9.17, 15) is 22.8 Å². The molecule has 0 saturated carbocycles. The monoisotopic (exact) mass is 371 g/mol. The number of alkyl halides is 3. The van der Waals surface area contributed by atoms with Gasteiger partial charge >= 0.3 is 6.18 Å². The maximum atomic E-state index is 12.9. The molecule has 1 heterocycles. The number of halogens is 3. The summed E-state index contributed by atoms with van der Waals surface area (Å²) in [6, 6.07) is 5.49. The summed E-state index contributed by atoms with van der Waals surface area (Å²) in [4.78, 5) is 24.5. The number of hydrogen-bond acceptors (Lipinski definition) is 4. The molecule has 5 nitrogen and oxygen atoms in total. The average molecular weight is 371 g/mol. The molecule has 0 aliphatic carbocycles. The number of anilines is 1. The lowest BCUT2D eigenvalue weighted by Gasteiger charge is -2.16. The van der Waals surface area contributed by atoms with Crippen molar-refractivity contribution in [1.29, 1.82) is 0 Å². The Morgan fingerprint density at radius 2 is 2.00 bits per heavy atom. The maximum absolute atomic E-state index is 12.9. The van der Waals surface area contributed by atoms with E-state index in [0.29, 0.717) is 4.88 Å². The summed E-state index contributed by atoms with van der Waals surface area (Å²) < 4.78 is 38.7. The minimum atomic E-state index is -4.55. The Kier molecular flexibility index (Phi) is 5.81. The third-order valence-corrected chi connectivity index (χ3v) is 4.18. The van der Waals surface area contributed by atoms with Gasteiger partial charge in [0.1, 0.15) is 6.04 Å². The lowest BCUT2D eigenvalue weighted by Crippen LogP contribution is -2.41. The zero-order valence-corrected chi connectivity index (χ0v) is 14.0. The Hall–Kier alpha value is -2.39. The molecule has 2 amide bonds. The number of nitrogens with one attached hydrogen (secondary N) is 2. The summed E-state index contributed by atoms with van der Waals surface area (Å²) in [6.07, 6.45) is -4.55. The van der Waals surface area contributed by atoms with Gasteiger partial charge in [0.15, 0.2) is 0 Å². The fourth-order valence-corrected chi connectivity index (χ4v) is 2.66. The van der Waals surface area contributed by atoms with Crippen molar-refractivity contribution in [1.82, 2.24) is 5.32 Å². The second-order valence-corrected chi connectivity index (χ2v) is 6.23. The van der Waals surface area contributed by atoms with Gasteiger partial charge in [-0.2, -0.15) is 13.2 Å². The van der Waals surface area contributed by atoms with Crippen LogP contribution in [0.4, 0.5) is 18.9 Å². The first-order valence-corrected chi connectivity index (χ1v) is 8.15. The molecule has 0 aliphatic heterocycles. The molecular weight excluding hydrogens is 355 g/mol. The minimum absolute atomic E-state index is 0.0301. The van der Waals surface area contributed by atoms with Crippen molar-refractivity contribution >= 4 is 28.8 Å². The topological polar surface area (TPSA) is 84.2 Å². The highest BCUT2D eigenvalue weighted by molar-refractivity contribution is 7.12. The minimum Gasteiger partial charge on any atom is -0.340 e. The lowest BCUT2D eigenvalue weighted by atomic mass is 10.1. The average Bonchev–Trinajstić information content (AvgIpc) is 3.08. The number of amides is 2. The first-order chi connectivity index (χ1) is 11.7. The van der Waals surface area contributed by atoms with Gasteiger partial charge in [-0.05, 0) is 42.1 Å². The predicted molar refractivity (Wildman–Crippen MR) is 89.2 cm³/mol. The molecule has 0 bridgehead atoms. The summed E-state index contributed by atoms with van der Waals surface area (Å²) in [7, 11) is 0. The van der Waals surface area contributed by atoms with Crippen molar-refractivity contribution in [2.75, 3.05) is 5.32 Å². The van der Waals surface area contributed by atoms with Crippen LogP contribution in [-0.4, -0.2) is 17.9 Å². The van der Waals surface area contributed by atoms with Gasteiger partial charge in [-0.3, -0.25) is 9.59 Å². The van der Waals surface area contributed by atoms with E-state index >= 15 is 0 Å². The van der Waals surface area contributed by atoms with Gasteiger partial charge in [0, 0.05) is 12.2 Å². The van der Waals surface area contributed by atoms with Crippen molar-refractivity contribution in [2.45, 2.75) is 25.7 Å². The summed E-state index contributed by atoms with van der Waals surface area (Å²) in [6.45, 7) is 1.34. The number of carbonyl (C=O) groups excluding carboxylic acids is 2. The van der Waals surface area contributed by atoms with Crippen LogP contribution in [-0.2, 0) is 17.5 Å². The number of hydrogen-bond donors (Lipinski definition) is 3. The van der Waals surface area contributed by atoms with Gasteiger partial charge in [-0.15, -0.1) is 11.3 Å². The number of rotatable bonds is 5. The van der Waals surface area contributed by atoms with E-state index < -0.39 is 29.6 Å². The van der Waals surface area contributed by atoms with Crippen LogP contribution in [0.25, 0.3) is 0 Å². The third kappa shape index (κ3) is 5.04. The Morgan fingerprint density at radius 1 is 1.28 bits per heavy atom. The van der Waals surface area contributed by atoms with E-state index in [1.54, 1.807) is 17.5 Å². The molecular formula is C16H16F3N3O2S. The van der Waals surface area contributed by atoms with E-state index in [1.165, 1.54) is 24.3 Å². The van der Waals surface area contributed by atoms with Gasteiger partial charge in [0.2, 0.25) is 5.91 Å². The number of thiophene rings is 1. The van der Waals surface area contributed by atoms with Crippen molar-refractivity contribution in [3.63, 3.8) is 0 Å². The van der Waals surface area contributed by atoms with E-state index in [1.807, 2.05) is 0 Å². The second-order valence-electron chi connectivity index (χ2n) is 5.28. The van der Waals surface area contributed by atoms with Crippen LogP contribution in [0.2, 0.25) is 0 Å². The highest BCUT2D eigenvalue weighted by atomic mass is 32.1. The molecule has 1 unspecified atom stereocenters. The molecule has 1 aromatic heterocycles. The normalized spacial score (nSPS) is 12.5. The van der Waals surface area contributed by atoms with Crippen LogP contribution in [0.1, 0.15) is 27.7 Å².